The van der Waals surface area contributed by atoms with Crippen LogP contribution in [0.2, 0.25) is 0 Å². The summed E-state index contributed by atoms with van der Waals surface area (Å²) in [6.45, 7) is 4.11. The second-order valence-corrected chi connectivity index (χ2v) is 5.24. The number of ether oxygens (including phenoxy) is 1. The monoisotopic (exact) mass is 258 g/mol. The first-order chi connectivity index (χ1) is 8.54. The summed E-state index contributed by atoms with van der Waals surface area (Å²) in [4.78, 5) is 15.9. The summed E-state index contributed by atoms with van der Waals surface area (Å²) in [5.41, 5.74) is 0. The van der Waals surface area contributed by atoms with Crippen LogP contribution in [-0.2, 0) is 9.53 Å². The molecule has 1 N–H and O–H groups in total. The quantitative estimate of drug-likeness (QED) is 0.746. The first-order valence-corrected chi connectivity index (χ1v) is 6.69. The van der Waals surface area contributed by atoms with E-state index in [0.29, 0.717) is 25.7 Å². The highest BCUT2D eigenvalue weighted by Crippen LogP contribution is 2.16. The van der Waals surface area contributed by atoms with Gasteiger partial charge in [-0.05, 0) is 33.2 Å². The number of hydrogen-bond donors (Lipinski definition) is 1. The van der Waals surface area contributed by atoms with Crippen molar-refractivity contribution in [3.63, 3.8) is 0 Å². The number of carbonyl (C=O) groups is 1. The van der Waals surface area contributed by atoms with Crippen LogP contribution in [0.15, 0.2) is 0 Å². The van der Waals surface area contributed by atoms with Gasteiger partial charge in [0.15, 0.2) is 0 Å². The Balaban J connectivity index is 2.34. The average Bonchev–Trinajstić information content (AvgIpc) is 2.29. The highest BCUT2D eigenvalue weighted by molar-refractivity contribution is 5.78. The molecule has 106 valence electrons. The number of piperidine rings is 1. The molecule has 1 saturated heterocycles. The molecule has 0 radical (unpaired) electrons. The van der Waals surface area contributed by atoms with Gasteiger partial charge in [-0.2, -0.15) is 0 Å². The largest absolute Gasteiger partial charge is 0.389 e. The SMILES string of the molecule is COCC(O)CN(C)CC(=O)N1CCCCC1C. The predicted octanol–water partition coefficient (Wildman–Crippen LogP) is 0.327. The fourth-order valence-electron chi connectivity index (χ4n) is 2.46. The maximum atomic E-state index is 12.1. The smallest absolute Gasteiger partial charge is 0.236 e. The third-order valence-corrected chi connectivity index (χ3v) is 3.41. The Morgan fingerprint density at radius 1 is 1.56 bits per heavy atom. The van der Waals surface area contributed by atoms with Crippen LogP contribution in [0.25, 0.3) is 0 Å². The standard InChI is InChI=1S/C13H26N2O3/c1-11-6-4-5-7-15(11)13(17)9-14(2)8-12(16)10-18-3/h11-12,16H,4-10H2,1-3H3. The molecule has 5 heteroatoms. The molecular formula is C13H26N2O3. The fraction of sp³-hybridized carbons (Fsp3) is 0.923. The summed E-state index contributed by atoms with van der Waals surface area (Å²) in [7, 11) is 3.41. The summed E-state index contributed by atoms with van der Waals surface area (Å²) in [5, 5.41) is 9.60. The van der Waals surface area contributed by atoms with Crippen molar-refractivity contribution < 1.29 is 14.6 Å². The van der Waals surface area contributed by atoms with E-state index in [1.165, 1.54) is 6.42 Å². The summed E-state index contributed by atoms with van der Waals surface area (Å²) in [6, 6.07) is 0.351. The highest BCUT2D eigenvalue weighted by Gasteiger charge is 2.24. The molecule has 0 aromatic carbocycles. The van der Waals surface area contributed by atoms with Gasteiger partial charge in [-0.25, -0.2) is 0 Å². The summed E-state index contributed by atoms with van der Waals surface area (Å²) < 4.78 is 4.87. The van der Waals surface area contributed by atoms with Crippen LogP contribution < -0.4 is 0 Å². The van der Waals surface area contributed by atoms with Crippen LogP contribution in [0.4, 0.5) is 0 Å². The van der Waals surface area contributed by atoms with Crippen LogP contribution in [0.5, 0.6) is 0 Å². The van der Waals surface area contributed by atoms with E-state index in [9.17, 15) is 9.90 Å². The van der Waals surface area contributed by atoms with Gasteiger partial charge in [0.2, 0.25) is 5.91 Å². The Labute approximate surface area is 110 Å². The second-order valence-electron chi connectivity index (χ2n) is 5.24. The number of rotatable bonds is 6. The normalized spacial score (nSPS) is 22.3. The molecule has 1 aliphatic rings. The van der Waals surface area contributed by atoms with E-state index in [-0.39, 0.29) is 5.91 Å². The van der Waals surface area contributed by atoms with Crippen LogP contribution in [0, 0.1) is 0 Å². The van der Waals surface area contributed by atoms with Gasteiger partial charge in [0.1, 0.15) is 0 Å². The lowest BCUT2D eigenvalue weighted by Crippen LogP contribution is -2.47. The predicted molar refractivity (Wildman–Crippen MR) is 70.4 cm³/mol. The van der Waals surface area contributed by atoms with Crippen molar-refractivity contribution in [1.82, 2.24) is 9.80 Å². The van der Waals surface area contributed by atoms with Crippen molar-refractivity contribution in [2.45, 2.75) is 38.3 Å². The maximum Gasteiger partial charge on any atom is 0.236 e. The highest BCUT2D eigenvalue weighted by atomic mass is 16.5. The second kappa shape index (κ2) is 7.71. The van der Waals surface area contributed by atoms with Crippen molar-refractivity contribution in [1.29, 1.82) is 0 Å². The van der Waals surface area contributed by atoms with Gasteiger partial charge >= 0.3 is 0 Å². The Hall–Kier alpha value is -0.650. The van der Waals surface area contributed by atoms with Crippen molar-refractivity contribution in [2.24, 2.45) is 0 Å². The zero-order valence-electron chi connectivity index (χ0n) is 11.8. The molecule has 0 aromatic heterocycles. The molecule has 1 fully saturated rings. The van der Waals surface area contributed by atoms with Gasteiger partial charge in [-0.1, -0.05) is 0 Å². The average molecular weight is 258 g/mol. The van der Waals surface area contributed by atoms with Gasteiger partial charge in [0.05, 0.1) is 19.3 Å². The molecule has 18 heavy (non-hydrogen) atoms. The Kier molecular flexibility index (Phi) is 6.60. The zero-order chi connectivity index (χ0) is 13.5. The topological polar surface area (TPSA) is 53.0 Å². The zero-order valence-corrected chi connectivity index (χ0v) is 11.8. The van der Waals surface area contributed by atoms with Crippen LogP contribution in [0.1, 0.15) is 26.2 Å². The van der Waals surface area contributed by atoms with Crippen molar-refractivity contribution in [3.05, 3.63) is 0 Å². The molecule has 0 aromatic rings. The van der Waals surface area contributed by atoms with E-state index in [1.54, 1.807) is 7.11 Å². The number of likely N-dealkylation sites (tertiary alicyclic amines) is 1. The number of methoxy groups -OCH3 is 1. The Morgan fingerprint density at radius 3 is 2.89 bits per heavy atom. The summed E-state index contributed by atoms with van der Waals surface area (Å²) in [6.07, 6.45) is 2.88. The summed E-state index contributed by atoms with van der Waals surface area (Å²) >= 11 is 0. The van der Waals surface area contributed by atoms with Gasteiger partial charge in [0, 0.05) is 26.2 Å². The number of aliphatic hydroxyl groups excluding tert-OH is 1. The van der Waals surface area contributed by atoms with Gasteiger partial charge in [-0.15, -0.1) is 0 Å². The van der Waals surface area contributed by atoms with Crippen molar-refractivity contribution in [2.75, 3.05) is 40.4 Å². The molecule has 1 amide bonds. The molecule has 2 unspecified atom stereocenters. The van der Waals surface area contributed by atoms with E-state index in [4.69, 9.17) is 4.74 Å². The first-order valence-electron chi connectivity index (χ1n) is 6.69. The molecule has 5 nitrogen and oxygen atoms in total. The minimum atomic E-state index is -0.536. The molecule has 2 atom stereocenters. The molecule has 1 aliphatic heterocycles. The molecule has 0 aliphatic carbocycles. The van der Waals surface area contributed by atoms with E-state index in [0.717, 1.165) is 19.4 Å². The molecule has 0 saturated carbocycles. The minimum Gasteiger partial charge on any atom is -0.389 e. The van der Waals surface area contributed by atoms with Gasteiger partial charge < -0.3 is 14.7 Å². The molecule has 1 heterocycles. The lowest BCUT2D eigenvalue weighted by molar-refractivity contribution is -0.135. The number of amides is 1. The van der Waals surface area contributed by atoms with Crippen LogP contribution in [0.3, 0.4) is 0 Å². The van der Waals surface area contributed by atoms with Crippen molar-refractivity contribution in [3.8, 4) is 0 Å². The maximum absolute atomic E-state index is 12.1. The number of nitrogens with zero attached hydrogens (tertiary/aromatic N) is 2. The third kappa shape index (κ3) is 4.92. The van der Waals surface area contributed by atoms with Crippen molar-refractivity contribution >= 4 is 5.91 Å². The third-order valence-electron chi connectivity index (χ3n) is 3.41. The number of carbonyl (C=O) groups excluding carboxylic acids is 1. The molecule has 0 spiro atoms. The van der Waals surface area contributed by atoms with Gasteiger partial charge in [0.25, 0.3) is 0 Å². The number of hydrogen-bond acceptors (Lipinski definition) is 4. The minimum absolute atomic E-state index is 0.161. The molecule has 1 rings (SSSR count). The lowest BCUT2D eigenvalue weighted by atomic mass is 10.0. The van der Waals surface area contributed by atoms with Gasteiger partial charge in [-0.3, -0.25) is 9.69 Å². The Bertz CT molecular complexity index is 261. The Morgan fingerprint density at radius 2 is 2.28 bits per heavy atom. The van der Waals surface area contributed by atoms with E-state index < -0.39 is 6.10 Å². The van der Waals surface area contributed by atoms with E-state index >= 15 is 0 Å². The molecular weight excluding hydrogens is 232 g/mol. The lowest BCUT2D eigenvalue weighted by Gasteiger charge is -2.34. The molecule has 0 bridgehead atoms. The van der Waals surface area contributed by atoms with E-state index in [1.807, 2.05) is 16.8 Å². The number of aliphatic hydroxyl groups is 1. The van der Waals surface area contributed by atoms with Crippen LogP contribution >= 0.6 is 0 Å². The van der Waals surface area contributed by atoms with Crippen LogP contribution in [-0.4, -0.2) is 73.4 Å². The fourth-order valence-corrected chi connectivity index (χ4v) is 2.46. The van der Waals surface area contributed by atoms with E-state index in [2.05, 4.69) is 6.92 Å². The first kappa shape index (κ1) is 15.4. The number of likely N-dealkylation sites (N-methyl/N-ethyl adjacent to an activating group) is 1. The summed E-state index contributed by atoms with van der Waals surface area (Å²) in [5.74, 6) is 0.161.